The number of carbonyl (C=O) groups excluding carboxylic acids is 1. The lowest BCUT2D eigenvalue weighted by molar-refractivity contribution is -0.131. The molecule has 6 nitrogen and oxygen atoms in total. The van der Waals surface area contributed by atoms with Gasteiger partial charge in [0, 0.05) is 13.5 Å². The van der Waals surface area contributed by atoms with Gasteiger partial charge in [0.1, 0.15) is 6.61 Å². The zero-order chi connectivity index (χ0) is 18.5. The molecule has 0 bridgehead atoms. The van der Waals surface area contributed by atoms with Gasteiger partial charge in [-0.05, 0) is 30.2 Å². The number of para-hydroxylation sites is 2. The molecule has 3 rings (SSSR count). The first-order chi connectivity index (χ1) is 12.5. The molecule has 1 aliphatic heterocycles. The molecule has 136 valence electrons. The Hall–Kier alpha value is -3.02. The molecule has 2 aromatic carbocycles. The number of rotatable bonds is 6. The minimum Gasteiger partial charge on any atom is -0.486 e. The van der Waals surface area contributed by atoms with Crippen LogP contribution in [0.3, 0.4) is 0 Å². The SMILES string of the molecule is CN(CC1COc2ccccc2O1)C(=O)CCc1ccccc1C(=O)O. The lowest BCUT2D eigenvalue weighted by atomic mass is 10.0. The van der Waals surface area contributed by atoms with Crippen molar-refractivity contribution in [3.05, 3.63) is 59.7 Å². The number of fused-ring (bicyclic) bond motifs is 1. The topological polar surface area (TPSA) is 76.1 Å². The Kier molecular flexibility index (Phi) is 5.41. The Bertz CT molecular complexity index is 804. The summed E-state index contributed by atoms with van der Waals surface area (Å²) in [4.78, 5) is 25.2. The molecule has 6 heteroatoms. The predicted octanol–water partition coefficient (Wildman–Crippen LogP) is 2.62. The number of nitrogens with zero attached hydrogens (tertiary/aromatic N) is 1. The number of hydrogen-bond donors (Lipinski definition) is 1. The number of carbonyl (C=O) groups is 2. The fraction of sp³-hybridized carbons (Fsp3) is 0.300. The zero-order valence-corrected chi connectivity index (χ0v) is 14.6. The fourth-order valence-electron chi connectivity index (χ4n) is 2.94. The first-order valence-electron chi connectivity index (χ1n) is 8.48. The molecule has 0 fully saturated rings. The average Bonchev–Trinajstić information content (AvgIpc) is 2.66. The second-order valence-corrected chi connectivity index (χ2v) is 6.23. The first-order valence-corrected chi connectivity index (χ1v) is 8.48. The van der Waals surface area contributed by atoms with E-state index in [4.69, 9.17) is 9.47 Å². The van der Waals surface area contributed by atoms with Gasteiger partial charge in [0.05, 0.1) is 12.1 Å². The van der Waals surface area contributed by atoms with Crippen molar-refractivity contribution in [2.75, 3.05) is 20.2 Å². The van der Waals surface area contributed by atoms with Crippen molar-refractivity contribution in [3.63, 3.8) is 0 Å². The van der Waals surface area contributed by atoms with Gasteiger partial charge < -0.3 is 19.5 Å². The van der Waals surface area contributed by atoms with Crippen LogP contribution in [-0.4, -0.2) is 48.2 Å². The number of amides is 1. The van der Waals surface area contributed by atoms with Crippen LogP contribution in [0.5, 0.6) is 11.5 Å². The second kappa shape index (κ2) is 7.91. The molecule has 26 heavy (non-hydrogen) atoms. The van der Waals surface area contributed by atoms with Crippen LogP contribution in [0.15, 0.2) is 48.5 Å². The van der Waals surface area contributed by atoms with E-state index in [2.05, 4.69) is 0 Å². The van der Waals surface area contributed by atoms with E-state index in [-0.39, 0.29) is 24.0 Å². The van der Waals surface area contributed by atoms with Crippen molar-refractivity contribution in [2.24, 2.45) is 0 Å². The third kappa shape index (κ3) is 4.14. The number of carboxylic acids is 1. The Labute approximate surface area is 152 Å². The molecule has 2 aromatic rings. The quantitative estimate of drug-likeness (QED) is 0.862. The average molecular weight is 355 g/mol. The third-order valence-corrected chi connectivity index (χ3v) is 4.33. The van der Waals surface area contributed by atoms with Crippen LogP contribution in [0, 0.1) is 0 Å². The van der Waals surface area contributed by atoms with Gasteiger partial charge in [0.15, 0.2) is 17.6 Å². The van der Waals surface area contributed by atoms with E-state index >= 15 is 0 Å². The molecule has 0 saturated heterocycles. The highest BCUT2D eigenvalue weighted by Gasteiger charge is 2.23. The molecule has 1 N–H and O–H groups in total. The van der Waals surface area contributed by atoms with E-state index in [1.54, 1.807) is 36.2 Å². The first kappa shape index (κ1) is 17.8. The molecule has 1 unspecified atom stereocenters. The largest absolute Gasteiger partial charge is 0.486 e. The molecule has 1 amide bonds. The van der Waals surface area contributed by atoms with Gasteiger partial charge in [-0.1, -0.05) is 30.3 Å². The number of ether oxygens (including phenoxy) is 2. The van der Waals surface area contributed by atoms with E-state index in [0.717, 1.165) is 0 Å². The number of aryl methyl sites for hydroxylation is 1. The van der Waals surface area contributed by atoms with E-state index in [9.17, 15) is 14.7 Å². The predicted molar refractivity (Wildman–Crippen MR) is 95.7 cm³/mol. The Morgan fingerprint density at radius 3 is 2.58 bits per heavy atom. The molecule has 1 aliphatic rings. The van der Waals surface area contributed by atoms with Crippen molar-refractivity contribution in [1.82, 2.24) is 4.90 Å². The zero-order valence-electron chi connectivity index (χ0n) is 14.6. The summed E-state index contributed by atoms with van der Waals surface area (Å²) in [6, 6.07) is 14.2. The van der Waals surface area contributed by atoms with Gasteiger partial charge in [-0.2, -0.15) is 0 Å². The van der Waals surface area contributed by atoms with Crippen molar-refractivity contribution in [2.45, 2.75) is 18.9 Å². The molecule has 0 aromatic heterocycles. The smallest absolute Gasteiger partial charge is 0.335 e. The number of likely N-dealkylation sites (N-methyl/N-ethyl adjacent to an activating group) is 1. The Balaban J connectivity index is 1.54. The summed E-state index contributed by atoms with van der Waals surface area (Å²) < 4.78 is 11.5. The van der Waals surface area contributed by atoms with Gasteiger partial charge in [-0.3, -0.25) is 4.79 Å². The van der Waals surface area contributed by atoms with Crippen LogP contribution in [0.1, 0.15) is 22.3 Å². The summed E-state index contributed by atoms with van der Waals surface area (Å²) in [6.45, 7) is 0.796. The summed E-state index contributed by atoms with van der Waals surface area (Å²) >= 11 is 0. The number of hydrogen-bond acceptors (Lipinski definition) is 4. The number of aromatic carboxylic acids is 1. The maximum absolute atomic E-state index is 12.4. The maximum atomic E-state index is 12.4. The van der Waals surface area contributed by atoms with Crippen LogP contribution >= 0.6 is 0 Å². The van der Waals surface area contributed by atoms with Crippen molar-refractivity contribution in [3.8, 4) is 11.5 Å². The van der Waals surface area contributed by atoms with E-state index < -0.39 is 5.97 Å². The van der Waals surface area contributed by atoms with Crippen LogP contribution < -0.4 is 9.47 Å². The van der Waals surface area contributed by atoms with Crippen molar-refractivity contribution >= 4 is 11.9 Å². The Morgan fingerprint density at radius 1 is 1.12 bits per heavy atom. The highest BCUT2D eigenvalue weighted by Crippen LogP contribution is 2.31. The van der Waals surface area contributed by atoms with Crippen LogP contribution in [-0.2, 0) is 11.2 Å². The molecule has 0 spiro atoms. The van der Waals surface area contributed by atoms with Gasteiger partial charge in [0.2, 0.25) is 5.91 Å². The normalized spacial score (nSPS) is 15.3. The molecule has 0 aliphatic carbocycles. The van der Waals surface area contributed by atoms with Gasteiger partial charge in [-0.15, -0.1) is 0 Å². The molecule has 1 heterocycles. The van der Waals surface area contributed by atoms with Crippen molar-refractivity contribution < 1.29 is 24.2 Å². The molecule has 1 atom stereocenters. The lowest BCUT2D eigenvalue weighted by Gasteiger charge is -2.29. The van der Waals surface area contributed by atoms with E-state index in [1.807, 2.05) is 24.3 Å². The summed E-state index contributed by atoms with van der Waals surface area (Å²) in [5, 5.41) is 9.21. The van der Waals surface area contributed by atoms with Gasteiger partial charge in [-0.25, -0.2) is 4.79 Å². The highest BCUT2D eigenvalue weighted by atomic mass is 16.6. The summed E-state index contributed by atoms with van der Waals surface area (Å²) in [6.07, 6.45) is 0.395. The fourth-order valence-corrected chi connectivity index (χ4v) is 2.94. The molecule has 0 radical (unpaired) electrons. The minimum absolute atomic E-state index is 0.0624. The van der Waals surface area contributed by atoms with Crippen LogP contribution in [0.2, 0.25) is 0 Å². The van der Waals surface area contributed by atoms with Gasteiger partial charge >= 0.3 is 5.97 Å². The van der Waals surface area contributed by atoms with E-state index in [1.165, 1.54) is 0 Å². The third-order valence-electron chi connectivity index (χ3n) is 4.33. The van der Waals surface area contributed by atoms with Crippen molar-refractivity contribution in [1.29, 1.82) is 0 Å². The summed E-state index contributed by atoms with van der Waals surface area (Å²) in [7, 11) is 1.72. The van der Waals surface area contributed by atoms with E-state index in [0.29, 0.717) is 36.6 Å². The number of carboxylic acid groups (broad SMARTS) is 1. The molecular weight excluding hydrogens is 334 g/mol. The standard InChI is InChI=1S/C20H21NO5/c1-21(12-15-13-25-17-8-4-5-9-18(17)26-15)19(22)11-10-14-6-2-3-7-16(14)20(23)24/h2-9,15H,10-13H2,1H3,(H,23,24). The van der Waals surface area contributed by atoms with Gasteiger partial charge in [0.25, 0.3) is 0 Å². The minimum atomic E-state index is -0.979. The summed E-state index contributed by atoms with van der Waals surface area (Å²) in [5.74, 6) is 0.350. The lowest BCUT2D eigenvalue weighted by Crippen LogP contribution is -2.41. The molecule has 0 saturated carbocycles. The maximum Gasteiger partial charge on any atom is 0.335 e. The second-order valence-electron chi connectivity index (χ2n) is 6.23. The van der Waals surface area contributed by atoms with Crippen LogP contribution in [0.4, 0.5) is 0 Å². The monoisotopic (exact) mass is 355 g/mol. The highest BCUT2D eigenvalue weighted by molar-refractivity contribution is 5.89. The van der Waals surface area contributed by atoms with Crippen LogP contribution in [0.25, 0.3) is 0 Å². The Morgan fingerprint density at radius 2 is 1.81 bits per heavy atom. The molecular formula is C20H21NO5. The summed E-state index contributed by atoms with van der Waals surface area (Å²) in [5.41, 5.74) is 0.900. The number of benzene rings is 2.